The van der Waals surface area contributed by atoms with Gasteiger partial charge in [-0.3, -0.25) is 4.90 Å². The monoisotopic (exact) mass is 321 g/mol. The summed E-state index contributed by atoms with van der Waals surface area (Å²) in [6, 6.07) is 4.21. The van der Waals surface area contributed by atoms with Crippen molar-refractivity contribution in [1.29, 1.82) is 0 Å². The molecule has 0 aromatic carbocycles. The first-order chi connectivity index (χ1) is 11.3. The van der Waals surface area contributed by atoms with Gasteiger partial charge in [0.05, 0.1) is 12.9 Å². The van der Waals surface area contributed by atoms with Crippen molar-refractivity contribution >= 4 is 6.03 Å². The molecule has 1 saturated carbocycles. The molecule has 1 aromatic heterocycles. The van der Waals surface area contributed by atoms with Crippen LogP contribution in [0.15, 0.2) is 22.8 Å². The molecule has 2 N–H and O–H groups in total. The molecule has 2 fully saturated rings. The van der Waals surface area contributed by atoms with Crippen LogP contribution in [0.5, 0.6) is 0 Å². The maximum atomic E-state index is 12.3. The zero-order valence-corrected chi connectivity index (χ0v) is 13.8. The van der Waals surface area contributed by atoms with Crippen LogP contribution in [0, 0.1) is 0 Å². The number of amides is 2. The molecule has 0 spiro atoms. The lowest BCUT2D eigenvalue weighted by atomic mass is 10.2. The fourth-order valence-electron chi connectivity index (χ4n) is 3.74. The summed E-state index contributed by atoms with van der Waals surface area (Å²) in [4.78, 5) is 14.8. The summed E-state index contributed by atoms with van der Waals surface area (Å²) >= 11 is 0. The van der Waals surface area contributed by atoms with Gasteiger partial charge in [-0.1, -0.05) is 12.8 Å². The number of carbonyl (C=O) groups is 1. The van der Waals surface area contributed by atoms with Crippen molar-refractivity contribution in [3.05, 3.63) is 24.2 Å². The molecule has 0 bridgehead atoms. The largest absolute Gasteiger partial charge is 0.467 e. The Balaban J connectivity index is 1.47. The standard InChI is InChI=1S/C17H27N3O3/c1-22-12-15(16-7-4-10-23-16)19-17(21)18-13-8-9-20(11-13)14-5-2-3-6-14/h4,7,10,13-15H,2-3,5-6,8-9,11-12H2,1H3,(H2,18,19,21). The molecular formula is C17H27N3O3. The lowest BCUT2D eigenvalue weighted by Gasteiger charge is -2.24. The normalized spacial score (nSPS) is 24.0. The van der Waals surface area contributed by atoms with Gasteiger partial charge in [-0.25, -0.2) is 4.79 Å². The highest BCUT2D eigenvalue weighted by Gasteiger charge is 2.31. The van der Waals surface area contributed by atoms with E-state index in [1.54, 1.807) is 13.4 Å². The molecule has 1 aliphatic carbocycles. The highest BCUT2D eigenvalue weighted by molar-refractivity contribution is 5.74. The van der Waals surface area contributed by atoms with E-state index in [1.807, 2.05) is 12.1 Å². The molecule has 2 unspecified atom stereocenters. The van der Waals surface area contributed by atoms with E-state index in [4.69, 9.17) is 9.15 Å². The molecule has 2 aliphatic rings. The summed E-state index contributed by atoms with van der Waals surface area (Å²) in [6.45, 7) is 2.45. The van der Waals surface area contributed by atoms with Gasteiger partial charge < -0.3 is 19.8 Å². The van der Waals surface area contributed by atoms with Crippen molar-refractivity contribution in [3.63, 3.8) is 0 Å². The highest BCUT2D eigenvalue weighted by atomic mass is 16.5. The summed E-state index contributed by atoms with van der Waals surface area (Å²) in [5.41, 5.74) is 0. The minimum Gasteiger partial charge on any atom is -0.467 e. The molecule has 1 saturated heterocycles. The molecule has 128 valence electrons. The Morgan fingerprint density at radius 2 is 2.26 bits per heavy atom. The van der Waals surface area contributed by atoms with Crippen LogP contribution in [0.2, 0.25) is 0 Å². The molecule has 6 heteroatoms. The lowest BCUT2D eigenvalue weighted by Crippen LogP contribution is -2.45. The van der Waals surface area contributed by atoms with Crippen molar-refractivity contribution in [2.45, 2.75) is 50.2 Å². The van der Waals surface area contributed by atoms with Gasteiger partial charge >= 0.3 is 6.03 Å². The molecule has 3 rings (SSSR count). The zero-order chi connectivity index (χ0) is 16.1. The third kappa shape index (κ3) is 4.26. The number of rotatable bonds is 6. The van der Waals surface area contributed by atoms with Crippen LogP contribution >= 0.6 is 0 Å². The molecule has 1 aromatic rings. The summed E-state index contributed by atoms with van der Waals surface area (Å²) in [5, 5.41) is 6.04. The van der Waals surface area contributed by atoms with Crippen molar-refractivity contribution < 1.29 is 13.9 Å². The lowest BCUT2D eigenvalue weighted by molar-refractivity contribution is 0.156. The van der Waals surface area contributed by atoms with E-state index in [0.29, 0.717) is 12.4 Å². The van der Waals surface area contributed by atoms with Crippen molar-refractivity contribution in [3.8, 4) is 0 Å². The number of methoxy groups -OCH3 is 1. The number of carbonyl (C=O) groups excluding carboxylic acids is 1. The number of ether oxygens (including phenoxy) is 1. The van der Waals surface area contributed by atoms with E-state index in [2.05, 4.69) is 15.5 Å². The molecule has 2 amide bonds. The Labute approximate surface area is 137 Å². The minimum atomic E-state index is -0.262. The van der Waals surface area contributed by atoms with Crippen LogP contribution in [0.4, 0.5) is 4.79 Å². The summed E-state index contributed by atoms with van der Waals surface area (Å²) in [5.74, 6) is 0.709. The van der Waals surface area contributed by atoms with E-state index in [0.717, 1.165) is 25.6 Å². The van der Waals surface area contributed by atoms with E-state index >= 15 is 0 Å². The maximum Gasteiger partial charge on any atom is 0.315 e. The predicted molar refractivity (Wildman–Crippen MR) is 87.2 cm³/mol. The second-order valence-electron chi connectivity index (χ2n) is 6.56. The highest BCUT2D eigenvalue weighted by Crippen LogP contribution is 2.26. The third-order valence-electron chi connectivity index (χ3n) is 4.92. The molecule has 2 heterocycles. The van der Waals surface area contributed by atoms with Crippen molar-refractivity contribution in [2.75, 3.05) is 26.8 Å². The first kappa shape index (κ1) is 16.3. The fraction of sp³-hybridized carbons (Fsp3) is 0.706. The molecule has 0 radical (unpaired) electrons. The molecule has 2 atom stereocenters. The number of urea groups is 1. The van der Waals surface area contributed by atoms with Crippen LogP contribution in [0.25, 0.3) is 0 Å². The van der Waals surface area contributed by atoms with Gasteiger partial charge in [0.25, 0.3) is 0 Å². The minimum absolute atomic E-state index is 0.151. The van der Waals surface area contributed by atoms with Gasteiger partial charge in [0.1, 0.15) is 11.8 Å². The topological polar surface area (TPSA) is 66.7 Å². The average molecular weight is 321 g/mol. The molecule has 1 aliphatic heterocycles. The number of nitrogens with zero attached hydrogens (tertiary/aromatic N) is 1. The summed E-state index contributed by atoms with van der Waals surface area (Å²) in [7, 11) is 1.62. The zero-order valence-electron chi connectivity index (χ0n) is 13.8. The second kappa shape index (κ2) is 7.84. The average Bonchev–Trinajstić information content (AvgIpc) is 3.28. The Kier molecular flexibility index (Phi) is 5.56. The smallest absolute Gasteiger partial charge is 0.315 e. The Bertz CT molecular complexity index is 485. The van der Waals surface area contributed by atoms with Crippen molar-refractivity contribution in [1.82, 2.24) is 15.5 Å². The van der Waals surface area contributed by atoms with Gasteiger partial charge in [0.15, 0.2) is 0 Å². The fourth-order valence-corrected chi connectivity index (χ4v) is 3.74. The molecule has 6 nitrogen and oxygen atoms in total. The Morgan fingerprint density at radius 1 is 1.43 bits per heavy atom. The number of likely N-dealkylation sites (tertiary alicyclic amines) is 1. The van der Waals surface area contributed by atoms with Crippen LogP contribution < -0.4 is 10.6 Å². The van der Waals surface area contributed by atoms with Crippen LogP contribution in [0.1, 0.15) is 43.9 Å². The van der Waals surface area contributed by atoms with Crippen LogP contribution in [-0.4, -0.2) is 49.8 Å². The second-order valence-corrected chi connectivity index (χ2v) is 6.56. The van der Waals surface area contributed by atoms with Gasteiger partial charge in [-0.15, -0.1) is 0 Å². The van der Waals surface area contributed by atoms with E-state index in [1.165, 1.54) is 25.7 Å². The van der Waals surface area contributed by atoms with Gasteiger partial charge in [0.2, 0.25) is 0 Å². The first-order valence-electron chi connectivity index (χ1n) is 8.59. The predicted octanol–water partition coefficient (Wildman–Crippen LogP) is 2.28. The maximum absolute atomic E-state index is 12.3. The SMILES string of the molecule is COCC(NC(=O)NC1CCN(C2CCCC2)C1)c1ccco1. The molecule has 23 heavy (non-hydrogen) atoms. The van der Waals surface area contributed by atoms with E-state index < -0.39 is 0 Å². The number of hydrogen-bond donors (Lipinski definition) is 2. The first-order valence-corrected chi connectivity index (χ1v) is 8.59. The van der Waals surface area contributed by atoms with Gasteiger partial charge in [0, 0.05) is 32.3 Å². The summed E-state index contributed by atoms with van der Waals surface area (Å²) in [6.07, 6.45) is 7.96. The van der Waals surface area contributed by atoms with Crippen LogP contribution in [-0.2, 0) is 4.74 Å². The third-order valence-corrected chi connectivity index (χ3v) is 4.92. The van der Waals surface area contributed by atoms with Crippen LogP contribution in [0.3, 0.4) is 0 Å². The Morgan fingerprint density at radius 3 is 2.96 bits per heavy atom. The number of nitrogens with one attached hydrogen (secondary N) is 2. The summed E-state index contributed by atoms with van der Waals surface area (Å²) < 4.78 is 10.5. The van der Waals surface area contributed by atoms with E-state index in [9.17, 15) is 4.79 Å². The number of hydrogen-bond acceptors (Lipinski definition) is 4. The Hall–Kier alpha value is -1.53. The molecular weight excluding hydrogens is 294 g/mol. The van der Waals surface area contributed by atoms with Gasteiger partial charge in [-0.05, 0) is 31.4 Å². The van der Waals surface area contributed by atoms with E-state index in [-0.39, 0.29) is 18.1 Å². The number of furan rings is 1. The van der Waals surface area contributed by atoms with Gasteiger partial charge in [-0.2, -0.15) is 0 Å². The van der Waals surface area contributed by atoms with Crippen molar-refractivity contribution in [2.24, 2.45) is 0 Å². The quantitative estimate of drug-likeness (QED) is 0.843.